The van der Waals surface area contributed by atoms with Crippen molar-refractivity contribution in [1.29, 1.82) is 0 Å². The first-order valence-electron chi connectivity index (χ1n) is 5.43. The molecule has 1 unspecified atom stereocenters. The number of nitrogens with two attached hydrogens (primary N) is 1. The third kappa shape index (κ3) is 2.68. The van der Waals surface area contributed by atoms with Crippen molar-refractivity contribution < 1.29 is 19.0 Å². The molecule has 2 rings (SSSR count). The molecule has 1 aromatic rings. The molecule has 92 valence electrons. The van der Waals surface area contributed by atoms with Crippen LogP contribution in [0.25, 0.3) is 0 Å². The number of carbonyl (C=O) groups is 1. The number of rotatable bonds is 3. The van der Waals surface area contributed by atoms with Crippen LogP contribution in [0.1, 0.15) is 16.8 Å². The lowest BCUT2D eigenvalue weighted by Crippen LogP contribution is -2.18. The summed E-state index contributed by atoms with van der Waals surface area (Å²) in [5.41, 5.74) is 6.54. The van der Waals surface area contributed by atoms with E-state index in [4.69, 9.17) is 19.9 Å². The second kappa shape index (κ2) is 5.05. The summed E-state index contributed by atoms with van der Waals surface area (Å²) in [7, 11) is 1.49. The first kappa shape index (κ1) is 11.7. The predicted molar refractivity (Wildman–Crippen MR) is 62.0 cm³/mol. The van der Waals surface area contributed by atoms with Crippen LogP contribution in [0.5, 0.6) is 5.75 Å². The van der Waals surface area contributed by atoms with Gasteiger partial charge in [-0.05, 0) is 12.1 Å². The largest absolute Gasteiger partial charge is 0.496 e. The monoisotopic (exact) mass is 237 g/mol. The third-order valence-corrected chi connectivity index (χ3v) is 2.61. The Morgan fingerprint density at radius 1 is 1.53 bits per heavy atom. The van der Waals surface area contributed by atoms with Gasteiger partial charge in [0.1, 0.15) is 17.4 Å². The average molecular weight is 237 g/mol. The van der Waals surface area contributed by atoms with E-state index in [0.29, 0.717) is 30.2 Å². The number of ether oxygens (including phenoxy) is 3. The van der Waals surface area contributed by atoms with Gasteiger partial charge >= 0.3 is 5.97 Å². The fourth-order valence-corrected chi connectivity index (χ4v) is 1.70. The standard InChI is InChI=1S/C12H15NO4/c1-15-11-6-8(13)2-3-10(11)12(14)17-9-4-5-16-7-9/h2-3,6,9H,4-5,7,13H2,1H3. The van der Waals surface area contributed by atoms with Crippen molar-refractivity contribution in [1.82, 2.24) is 0 Å². The number of esters is 1. The van der Waals surface area contributed by atoms with E-state index < -0.39 is 5.97 Å². The molecule has 1 aliphatic rings. The maximum absolute atomic E-state index is 11.9. The molecule has 17 heavy (non-hydrogen) atoms. The molecular weight excluding hydrogens is 222 g/mol. The van der Waals surface area contributed by atoms with Crippen LogP contribution in [0.3, 0.4) is 0 Å². The highest BCUT2D eigenvalue weighted by Crippen LogP contribution is 2.23. The number of anilines is 1. The minimum Gasteiger partial charge on any atom is -0.496 e. The molecule has 0 aromatic heterocycles. The minimum absolute atomic E-state index is 0.162. The molecule has 0 amide bonds. The van der Waals surface area contributed by atoms with Gasteiger partial charge in [-0.2, -0.15) is 0 Å². The maximum Gasteiger partial charge on any atom is 0.342 e. The summed E-state index contributed by atoms with van der Waals surface area (Å²) in [6.07, 6.45) is 0.577. The summed E-state index contributed by atoms with van der Waals surface area (Å²) < 4.78 is 15.5. The molecule has 1 saturated heterocycles. The Labute approximate surface area is 99.5 Å². The van der Waals surface area contributed by atoms with Crippen LogP contribution < -0.4 is 10.5 Å². The molecule has 0 saturated carbocycles. The van der Waals surface area contributed by atoms with E-state index in [1.165, 1.54) is 7.11 Å². The zero-order valence-electron chi connectivity index (χ0n) is 9.64. The van der Waals surface area contributed by atoms with Crippen LogP contribution in [0.4, 0.5) is 5.69 Å². The average Bonchev–Trinajstić information content (AvgIpc) is 2.81. The molecule has 1 fully saturated rings. The van der Waals surface area contributed by atoms with Crippen molar-refractivity contribution in [3.63, 3.8) is 0 Å². The zero-order valence-corrected chi connectivity index (χ0v) is 9.64. The van der Waals surface area contributed by atoms with Crippen LogP contribution in [0.2, 0.25) is 0 Å². The number of hydrogen-bond donors (Lipinski definition) is 1. The second-order valence-corrected chi connectivity index (χ2v) is 3.85. The lowest BCUT2D eigenvalue weighted by atomic mass is 10.2. The van der Waals surface area contributed by atoms with Gasteiger partial charge in [0.15, 0.2) is 0 Å². The molecule has 5 heteroatoms. The van der Waals surface area contributed by atoms with E-state index in [9.17, 15) is 4.79 Å². The molecule has 2 N–H and O–H groups in total. The van der Waals surface area contributed by atoms with E-state index in [1.54, 1.807) is 18.2 Å². The van der Waals surface area contributed by atoms with E-state index in [2.05, 4.69) is 0 Å². The number of benzene rings is 1. The lowest BCUT2D eigenvalue weighted by molar-refractivity contribution is 0.0267. The van der Waals surface area contributed by atoms with Crippen LogP contribution in [0, 0.1) is 0 Å². The number of methoxy groups -OCH3 is 1. The van der Waals surface area contributed by atoms with Crippen molar-refractivity contribution in [3.8, 4) is 5.75 Å². The van der Waals surface area contributed by atoms with Gasteiger partial charge in [-0.3, -0.25) is 0 Å². The topological polar surface area (TPSA) is 70.8 Å². The molecule has 0 aliphatic carbocycles. The fourth-order valence-electron chi connectivity index (χ4n) is 1.70. The van der Waals surface area contributed by atoms with E-state index in [0.717, 1.165) is 6.42 Å². The Balaban J connectivity index is 2.12. The minimum atomic E-state index is -0.405. The number of hydrogen-bond acceptors (Lipinski definition) is 5. The summed E-state index contributed by atoms with van der Waals surface area (Å²) in [6, 6.07) is 4.85. The zero-order chi connectivity index (χ0) is 12.3. The van der Waals surface area contributed by atoms with Gasteiger partial charge in [-0.1, -0.05) is 0 Å². The molecule has 1 aliphatic heterocycles. The molecule has 0 bridgehead atoms. The number of nitrogen functional groups attached to an aromatic ring is 1. The van der Waals surface area contributed by atoms with Gasteiger partial charge in [-0.15, -0.1) is 0 Å². The molecule has 0 spiro atoms. The van der Waals surface area contributed by atoms with Gasteiger partial charge in [0.05, 0.1) is 20.3 Å². The highest BCUT2D eigenvalue weighted by atomic mass is 16.6. The lowest BCUT2D eigenvalue weighted by Gasteiger charge is -2.12. The van der Waals surface area contributed by atoms with Gasteiger partial charge in [0.2, 0.25) is 0 Å². The van der Waals surface area contributed by atoms with Gasteiger partial charge in [-0.25, -0.2) is 4.79 Å². The summed E-state index contributed by atoms with van der Waals surface area (Å²) in [5.74, 6) is 0.0197. The molecule has 5 nitrogen and oxygen atoms in total. The first-order chi connectivity index (χ1) is 8.20. The number of carbonyl (C=O) groups excluding carboxylic acids is 1. The van der Waals surface area contributed by atoms with Crippen LogP contribution in [0.15, 0.2) is 18.2 Å². The van der Waals surface area contributed by atoms with Crippen molar-refractivity contribution in [2.45, 2.75) is 12.5 Å². The predicted octanol–water partition coefficient (Wildman–Crippen LogP) is 1.22. The molecular formula is C12H15NO4. The molecule has 1 heterocycles. The van der Waals surface area contributed by atoms with Gasteiger partial charge in [0, 0.05) is 18.2 Å². The Morgan fingerprint density at radius 2 is 2.35 bits per heavy atom. The maximum atomic E-state index is 11.9. The van der Waals surface area contributed by atoms with Crippen LogP contribution in [-0.2, 0) is 9.47 Å². The summed E-state index contributed by atoms with van der Waals surface area (Å²) in [5, 5.41) is 0. The summed E-state index contributed by atoms with van der Waals surface area (Å²) in [6.45, 7) is 1.10. The third-order valence-electron chi connectivity index (χ3n) is 2.61. The second-order valence-electron chi connectivity index (χ2n) is 3.85. The van der Waals surface area contributed by atoms with Crippen molar-refractivity contribution in [2.24, 2.45) is 0 Å². The van der Waals surface area contributed by atoms with Gasteiger partial charge in [0.25, 0.3) is 0 Å². The Kier molecular flexibility index (Phi) is 3.49. The normalized spacial score (nSPS) is 19.0. The van der Waals surface area contributed by atoms with Crippen LogP contribution >= 0.6 is 0 Å². The van der Waals surface area contributed by atoms with E-state index in [-0.39, 0.29) is 6.10 Å². The Morgan fingerprint density at radius 3 is 3.00 bits per heavy atom. The van der Waals surface area contributed by atoms with Crippen molar-refractivity contribution in [3.05, 3.63) is 23.8 Å². The summed E-state index contributed by atoms with van der Waals surface area (Å²) in [4.78, 5) is 11.9. The molecule has 0 radical (unpaired) electrons. The van der Waals surface area contributed by atoms with E-state index in [1.807, 2.05) is 0 Å². The van der Waals surface area contributed by atoms with Crippen molar-refractivity contribution in [2.75, 3.05) is 26.1 Å². The molecule has 1 aromatic carbocycles. The van der Waals surface area contributed by atoms with Gasteiger partial charge < -0.3 is 19.9 Å². The highest BCUT2D eigenvalue weighted by molar-refractivity contribution is 5.93. The first-order valence-corrected chi connectivity index (χ1v) is 5.43. The Hall–Kier alpha value is -1.75. The molecule has 1 atom stereocenters. The van der Waals surface area contributed by atoms with Crippen molar-refractivity contribution >= 4 is 11.7 Å². The SMILES string of the molecule is COc1cc(N)ccc1C(=O)OC1CCOC1. The Bertz CT molecular complexity index is 413. The fraction of sp³-hybridized carbons (Fsp3) is 0.417. The smallest absolute Gasteiger partial charge is 0.342 e. The van der Waals surface area contributed by atoms with E-state index >= 15 is 0 Å². The highest BCUT2D eigenvalue weighted by Gasteiger charge is 2.22. The van der Waals surface area contributed by atoms with Crippen LogP contribution in [-0.4, -0.2) is 32.4 Å². The quantitative estimate of drug-likeness (QED) is 0.632. The summed E-state index contributed by atoms with van der Waals surface area (Å²) >= 11 is 0.